The van der Waals surface area contributed by atoms with Crippen LogP contribution in [0.25, 0.3) is 0 Å². The molecule has 0 atom stereocenters. The zero-order valence-corrected chi connectivity index (χ0v) is 9.27. The largest absolute Gasteiger partial charge is 0.291 e. The normalized spacial score (nSPS) is 11.4. The van der Waals surface area contributed by atoms with Gasteiger partial charge in [0.2, 0.25) is 0 Å². The molecule has 0 aliphatic rings. The number of hydrazine groups is 2. The molecule has 4 heteroatoms. The molecule has 15 heavy (non-hydrogen) atoms. The van der Waals surface area contributed by atoms with Crippen LogP contribution in [0.4, 0.5) is 0 Å². The number of hydrogen-bond acceptors (Lipinski definition) is 4. The first-order valence-corrected chi connectivity index (χ1v) is 5.04. The second kappa shape index (κ2) is 7.11. The van der Waals surface area contributed by atoms with Crippen LogP contribution in [0.3, 0.4) is 0 Å². The van der Waals surface area contributed by atoms with Crippen LogP contribution >= 0.6 is 0 Å². The van der Waals surface area contributed by atoms with Crippen LogP contribution in [-0.4, -0.2) is 38.5 Å². The molecule has 1 aromatic rings. The van der Waals surface area contributed by atoms with Gasteiger partial charge in [0.05, 0.1) is 6.54 Å². The molecule has 0 saturated heterocycles. The molecule has 1 rings (SSSR count). The van der Waals surface area contributed by atoms with E-state index in [0.717, 1.165) is 18.7 Å². The molecule has 82 valence electrons. The highest BCUT2D eigenvalue weighted by molar-refractivity contribution is 5.79. The summed E-state index contributed by atoms with van der Waals surface area (Å²) >= 11 is 0. The lowest BCUT2D eigenvalue weighted by Crippen LogP contribution is -2.45. The van der Waals surface area contributed by atoms with E-state index in [0.29, 0.717) is 0 Å². The predicted octanol–water partition coefficient (Wildman–Crippen LogP) is 0.676. The average molecular weight is 206 g/mol. The molecule has 0 fully saturated rings. The number of rotatable bonds is 6. The third kappa shape index (κ3) is 4.69. The Balaban J connectivity index is 2.28. The lowest BCUT2D eigenvalue weighted by molar-refractivity contribution is 0.151. The summed E-state index contributed by atoms with van der Waals surface area (Å²) in [5.41, 5.74) is 7.13. The van der Waals surface area contributed by atoms with Crippen molar-refractivity contribution in [3.8, 4) is 0 Å². The molecule has 0 unspecified atom stereocenters. The maximum Gasteiger partial charge on any atom is 0.0545 e. The van der Waals surface area contributed by atoms with Crippen molar-refractivity contribution in [1.82, 2.24) is 16.0 Å². The Hall–Kier alpha value is -1.23. The van der Waals surface area contributed by atoms with Crippen molar-refractivity contribution in [2.45, 2.75) is 0 Å². The number of nitrogens with zero attached hydrogens (tertiary/aromatic N) is 2. The van der Waals surface area contributed by atoms with E-state index >= 15 is 0 Å². The van der Waals surface area contributed by atoms with Gasteiger partial charge in [-0.3, -0.25) is 4.99 Å². The number of aliphatic imine (C=N–C) groups is 1. The highest BCUT2D eigenvalue weighted by Gasteiger charge is 1.94. The molecule has 1 aromatic carbocycles. The van der Waals surface area contributed by atoms with Gasteiger partial charge in [0.25, 0.3) is 0 Å². The summed E-state index contributed by atoms with van der Waals surface area (Å²) in [6.45, 7) is 1.59. The maximum atomic E-state index is 4.33. The summed E-state index contributed by atoms with van der Waals surface area (Å²) < 4.78 is 0. The SMILES string of the molecule is CNN(CCN=Cc1ccccc1)NC. The summed E-state index contributed by atoms with van der Waals surface area (Å²) in [6, 6.07) is 10.1. The second-order valence-electron chi connectivity index (χ2n) is 3.04. The topological polar surface area (TPSA) is 39.7 Å². The van der Waals surface area contributed by atoms with Gasteiger partial charge in [-0.1, -0.05) is 30.3 Å². The first-order valence-electron chi connectivity index (χ1n) is 5.04. The molecule has 4 nitrogen and oxygen atoms in total. The molecule has 0 heterocycles. The summed E-state index contributed by atoms with van der Waals surface area (Å²) in [5, 5.41) is 1.88. The number of benzene rings is 1. The van der Waals surface area contributed by atoms with Gasteiger partial charge in [0.15, 0.2) is 0 Å². The van der Waals surface area contributed by atoms with E-state index in [1.54, 1.807) is 0 Å². The molecule has 0 aromatic heterocycles. The minimum Gasteiger partial charge on any atom is -0.291 e. The molecule has 2 N–H and O–H groups in total. The second-order valence-corrected chi connectivity index (χ2v) is 3.04. The van der Waals surface area contributed by atoms with Gasteiger partial charge >= 0.3 is 0 Å². The van der Waals surface area contributed by atoms with Crippen LogP contribution in [0.2, 0.25) is 0 Å². The van der Waals surface area contributed by atoms with Gasteiger partial charge in [-0.05, 0) is 5.56 Å². The molecule has 0 saturated carbocycles. The monoisotopic (exact) mass is 206 g/mol. The highest BCUT2D eigenvalue weighted by atomic mass is 15.7. The fraction of sp³-hybridized carbons (Fsp3) is 0.364. The molecule has 0 spiro atoms. The van der Waals surface area contributed by atoms with E-state index in [-0.39, 0.29) is 0 Å². The summed E-state index contributed by atoms with van der Waals surface area (Å²) in [4.78, 5) is 4.33. The Morgan fingerprint density at radius 2 is 1.87 bits per heavy atom. The zero-order valence-electron chi connectivity index (χ0n) is 9.27. The van der Waals surface area contributed by atoms with Crippen LogP contribution in [0, 0.1) is 0 Å². The van der Waals surface area contributed by atoms with Crippen molar-refractivity contribution < 1.29 is 0 Å². The minimum absolute atomic E-state index is 0.760. The lowest BCUT2D eigenvalue weighted by Gasteiger charge is -2.17. The summed E-state index contributed by atoms with van der Waals surface area (Å²) in [7, 11) is 3.74. The van der Waals surface area contributed by atoms with Gasteiger partial charge < -0.3 is 0 Å². The fourth-order valence-electron chi connectivity index (χ4n) is 1.20. The smallest absolute Gasteiger partial charge is 0.0545 e. The van der Waals surface area contributed by atoms with Gasteiger partial charge in [0, 0.05) is 26.9 Å². The van der Waals surface area contributed by atoms with E-state index in [9.17, 15) is 0 Å². The van der Waals surface area contributed by atoms with Gasteiger partial charge in [-0.15, -0.1) is 0 Å². The highest BCUT2D eigenvalue weighted by Crippen LogP contribution is 1.93. The van der Waals surface area contributed by atoms with Crippen molar-refractivity contribution >= 4 is 6.21 Å². The number of nitrogens with one attached hydrogen (secondary N) is 2. The molecular formula is C11H18N4. The molecule has 0 aliphatic heterocycles. The van der Waals surface area contributed by atoms with Crippen LogP contribution in [0.5, 0.6) is 0 Å². The van der Waals surface area contributed by atoms with Crippen LogP contribution < -0.4 is 10.9 Å². The standard InChI is InChI=1S/C11H18N4/c1-12-15(13-2)9-8-14-10-11-6-4-3-5-7-11/h3-7,10,12-13H,8-9H2,1-2H3. The van der Waals surface area contributed by atoms with Crippen LogP contribution in [0.1, 0.15) is 5.56 Å². The molecule has 0 bridgehead atoms. The molecule has 0 aliphatic carbocycles. The van der Waals surface area contributed by atoms with Gasteiger partial charge in [-0.2, -0.15) is 5.12 Å². The minimum atomic E-state index is 0.760. The molecule has 0 amide bonds. The Morgan fingerprint density at radius 1 is 1.20 bits per heavy atom. The van der Waals surface area contributed by atoms with Gasteiger partial charge in [-0.25, -0.2) is 10.9 Å². The van der Waals surface area contributed by atoms with Crippen molar-refractivity contribution in [2.75, 3.05) is 27.2 Å². The van der Waals surface area contributed by atoms with E-state index in [4.69, 9.17) is 0 Å². The summed E-state index contributed by atoms with van der Waals surface area (Å²) in [5.74, 6) is 0. The third-order valence-corrected chi connectivity index (χ3v) is 2.03. The Bertz CT molecular complexity index is 280. The summed E-state index contributed by atoms with van der Waals surface area (Å²) in [6.07, 6.45) is 1.89. The van der Waals surface area contributed by atoms with E-state index in [1.165, 1.54) is 0 Å². The maximum absolute atomic E-state index is 4.33. The Morgan fingerprint density at radius 3 is 2.47 bits per heavy atom. The predicted molar refractivity (Wildman–Crippen MR) is 63.7 cm³/mol. The van der Waals surface area contributed by atoms with E-state index in [1.807, 2.05) is 55.8 Å². The Kier molecular flexibility index (Phi) is 5.62. The Labute approximate surface area is 91.0 Å². The van der Waals surface area contributed by atoms with E-state index in [2.05, 4.69) is 15.8 Å². The average Bonchev–Trinajstić information content (AvgIpc) is 2.31. The van der Waals surface area contributed by atoms with Crippen LogP contribution in [-0.2, 0) is 0 Å². The van der Waals surface area contributed by atoms with Crippen molar-refractivity contribution in [3.05, 3.63) is 35.9 Å². The fourth-order valence-corrected chi connectivity index (χ4v) is 1.20. The quantitative estimate of drug-likeness (QED) is 0.531. The number of hydrogen-bond donors (Lipinski definition) is 2. The van der Waals surface area contributed by atoms with Crippen LogP contribution in [0.15, 0.2) is 35.3 Å². The zero-order chi connectivity index (χ0) is 10.9. The molecular weight excluding hydrogens is 188 g/mol. The first-order chi connectivity index (χ1) is 7.36. The van der Waals surface area contributed by atoms with Gasteiger partial charge in [0.1, 0.15) is 0 Å². The van der Waals surface area contributed by atoms with Crippen molar-refractivity contribution in [2.24, 2.45) is 4.99 Å². The first kappa shape index (κ1) is 11.8. The van der Waals surface area contributed by atoms with Crippen molar-refractivity contribution in [1.29, 1.82) is 0 Å². The van der Waals surface area contributed by atoms with Crippen molar-refractivity contribution in [3.63, 3.8) is 0 Å². The lowest BCUT2D eigenvalue weighted by atomic mass is 10.2. The van der Waals surface area contributed by atoms with E-state index < -0.39 is 0 Å². The molecule has 0 radical (unpaired) electrons. The third-order valence-electron chi connectivity index (χ3n) is 2.03.